The lowest BCUT2D eigenvalue weighted by molar-refractivity contribution is -0.212. The molecule has 0 saturated heterocycles. The van der Waals surface area contributed by atoms with E-state index in [0.717, 1.165) is 5.56 Å². The van der Waals surface area contributed by atoms with Crippen LogP contribution in [-0.2, 0) is 11.3 Å². The van der Waals surface area contributed by atoms with E-state index in [9.17, 15) is 18.7 Å². The van der Waals surface area contributed by atoms with Gasteiger partial charge in [0.05, 0.1) is 6.54 Å². The average Bonchev–Trinajstić information content (AvgIpc) is 2.97. The number of carbonyl (C=O) groups excluding carboxylic acids is 1. The van der Waals surface area contributed by atoms with Gasteiger partial charge >= 0.3 is 5.92 Å². The topological polar surface area (TPSA) is 80.0 Å². The molecule has 1 fully saturated rings. The predicted molar refractivity (Wildman–Crippen MR) is 77.9 cm³/mol. The van der Waals surface area contributed by atoms with E-state index < -0.39 is 17.4 Å². The minimum absolute atomic E-state index is 0.0684. The molecule has 0 spiro atoms. The Labute approximate surface area is 131 Å². The van der Waals surface area contributed by atoms with Crippen LogP contribution in [-0.4, -0.2) is 37.3 Å². The number of anilines is 1. The summed E-state index contributed by atoms with van der Waals surface area (Å²) in [7, 11) is 0. The minimum atomic E-state index is -3.81. The fourth-order valence-electron chi connectivity index (χ4n) is 2.51. The second-order valence-corrected chi connectivity index (χ2v) is 5.75. The highest BCUT2D eigenvalue weighted by Gasteiger charge is 2.61. The van der Waals surface area contributed by atoms with Gasteiger partial charge in [0.2, 0.25) is 0 Å². The van der Waals surface area contributed by atoms with E-state index in [0.29, 0.717) is 13.0 Å². The smallest absolute Gasteiger partial charge is 0.352 e. The van der Waals surface area contributed by atoms with Crippen molar-refractivity contribution in [2.24, 2.45) is 0 Å². The van der Waals surface area contributed by atoms with E-state index in [-0.39, 0.29) is 18.5 Å². The number of halogens is 2. The molecule has 23 heavy (non-hydrogen) atoms. The van der Waals surface area contributed by atoms with Crippen LogP contribution in [0.5, 0.6) is 0 Å². The predicted octanol–water partition coefficient (Wildman–Crippen LogP) is 1.82. The highest BCUT2D eigenvalue weighted by Crippen LogP contribution is 2.44. The van der Waals surface area contributed by atoms with Crippen molar-refractivity contribution in [3.8, 4) is 0 Å². The number of benzene rings is 1. The van der Waals surface area contributed by atoms with Crippen molar-refractivity contribution in [3.63, 3.8) is 0 Å². The van der Waals surface area contributed by atoms with Gasteiger partial charge in [0, 0.05) is 5.69 Å². The van der Waals surface area contributed by atoms with Crippen molar-refractivity contribution in [1.82, 2.24) is 14.8 Å². The Morgan fingerprint density at radius 1 is 1.35 bits per heavy atom. The molecule has 3 rings (SSSR count). The molecule has 1 heterocycles. The van der Waals surface area contributed by atoms with E-state index in [1.54, 1.807) is 22.8 Å². The van der Waals surface area contributed by atoms with Crippen molar-refractivity contribution in [1.29, 1.82) is 0 Å². The summed E-state index contributed by atoms with van der Waals surface area (Å²) in [5.41, 5.74) is -1.17. The lowest BCUT2D eigenvalue weighted by Crippen LogP contribution is -2.59. The maximum atomic E-state index is 14.1. The summed E-state index contributed by atoms with van der Waals surface area (Å²) in [5.74, 6) is -5.30. The number of hydrogen-bond acceptors (Lipinski definition) is 4. The second kappa shape index (κ2) is 5.69. The van der Waals surface area contributed by atoms with Crippen LogP contribution < -0.4 is 5.32 Å². The van der Waals surface area contributed by atoms with Gasteiger partial charge < -0.3 is 15.0 Å². The molecule has 8 heteroatoms. The first-order valence-electron chi connectivity index (χ1n) is 7.24. The summed E-state index contributed by atoms with van der Waals surface area (Å²) in [4.78, 5) is 11.9. The molecule has 0 bridgehead atoms. The lowest BCUT2D eigenvalue weighted by atomic mass is 9.75. The van der Waals surface area contributed by atoms with E-state index >= 15 is 0 Å². The SMILES string of the molecule is O=C(Nc1cccc(Cn2cnnc2)c1)C(F)(F)C1(O)CCC1. The van der Waals surface area contributed by atoms with Crippen LogP contribution in [0.25, 0.3) is 0 Å². The number of aromatic nitrogens is 3. The Morgan fingerprint density at radius 2 is 2.04 bits per heavy atom. The normalized spacial score (nSPS) is 16.7. The van der Waals surface area contributed by atoms with Gasteiger partial charge in [-0.05, 0) is 37.0 Å². The molecule has 0 unspecified atom stereocenters. The molecule has 6 nitrogen and oxygen atoms in total. The third kappa shape index (κ3) is 2.94. The van der Waals surface area contributed by atoms with Crippen molar-refractivity contribution >= 4 is 11.6 Å². The zero-order chi connectivity index (χ0) is 16.5. The molecule has 1 aromatic heterocycles. The Hall–Kier alpha value is -2.35. The van der Waals surface area contributed by atoms with E-state index in [2.05, 4.69) is 15.5 Å². The fraction of sp³-hybridized carbons (Fsp3) is 0.400. The van der Waals surface area contributed by atoms with Gasteiger partial charge in [0.25, 0.3) is 5.91 Å². The standard InChI is InChI=1S/C15H16F2N4O2/c16-15(17,14(23)5-2-6-14)13(22)20-12-4-1-3-11(7-12)8-21-9-18-19-10-21/h1,3-4,7,9-10,23H,2,5-6,8H2,(H,20,22). The van der Waals surface area contributed by atoms with Crippen molar-refractivity contribution in [2.45, 2.75) is 37.3 Å². The first kappa shape index (κ1) is 15.5. The molecule has 1 saturated carbocycles. The number of nitrogens with one attached hydrogen (secondary N) is 1. The molecular weight excluding hydrogens is 306 g/mol. The van der Waals surface area contributed by atoms with Gasteiger partial charge in [-0.15, -0.1) is 10.2 Å². The van der Waals surface area contributed by atoms with Crippen LogP contribution in [0.15, 0.2) is 36.9 Å². The van der Waals surface area contributed by atoms with Gasteiger partial charge in [-0.3, -0.25) is 4.79 Å². The number of alkyl halides is 2. The van der Waals surface area contributed by atoms with Crippen LogP contribution >= 0.6 is 0 Å². The lowest BCUT2D eigenvalue weighted by Gasteiger charge is -2.41. The van der Waals surface area contributed by atoms with Crippen LogP contribution in [0.4, 0.5) is 14.5 Å². The zero-order valence-electron chi connectivity index (χ0n) is 12.2. The molecule has 0 atom stereocenters. The van der Waals surface area contributed by atoms with Crippen molar-refractivity contribution in [2.75, 3.05) is 5.32 Å². The molecule has 122 valence electrons. The molecule has 1 amide bonds. The third-order valence-electron chi connectivity index (χ3n) is 4.07. The van der Waals surface area contributed by atoms with Gasteiger partial charge in [0.15, 0.2) is 0 Å². The summed E-state index contributed by atoms with van der Waals surface area (Å²) in [5, 5.41) is 19.3. The Kier molecular flexibility index (Phi) is 3.85. The first-order valence-corrected chi connectivity index (χ1v) is 7.24. The highest BCUT2D eigenvalue weighted by molar-refractivity contribution is 5.97. The maximum absolute atomic E-state index is 14.1. The molecule has 1 aliphatic rings. The van der Waals surface area contributed by atoms with E-state index in [4.69, 9.17) is 0 Å². The maximum Gasteiger partial charge on any atom is 0.352 e. The molecule has 2 N–H and O–H groups in total. The largest absolute Gasteiger partial charge is 0.383 e. The Balaban J connectivity index is 1.71. The number of hydrogen-bond donors (Lipinski definition) is 2. The summed E-state index contributed by atoms with van der Waals surface area (Å²) in [6.07, 6.45) is 3.42. The molecule has 1 aliphatic carbocycles. The second-order valence-electron chi connectivity index (χ2n) is 5.75. The fourth-order valence-corrected chi connectivity index (χ4v) is 2.51. The molecule has 2 aromatic rings. The monoisotopic (exact) mass is 322 g/mol. The number of rotatable bonds is 5. The Morgan fingerprint density at radius 3 is 2.65 bits per heavy atom. The average molecular weight is 322 g/mol. The van der Waals surface area contributed by atoms with Gasteiger partial charge in [0.1, 0.15) is 18.3 Å². The summed E-state index contributed by atoms with van der Waals surface area (Å²) in [6.45, 7) is 0.455. The van der Waals surface area contributed by atoms with Gasteiger partial charge in [-0.25, -0.2) is 0 Å². The summed E-state index contributed by atoms with van der Waals surface area (Å²) in [6, 6.07) is 6.58. The number of aliphatic hydroxyl groups is 1. The molecular formula is C15H16F2N4O2. The molecule has 0 radical (unpaired) electrons. The minimum Gasteiger partial charge on any atom is -0.383 e. The number of nitrogens with zero attached hydrogens (tertiary/aromatic N) is 3. The van der Waals surface area contributed by atoms with Crippen LogP contribution in [0, 0.1) is 0 Å². The quantitative estimate of drug-likeness (QED) is 0.880. The van der Waals surface area contributed by atoms with Crippen LogP contribution in [0.1, 0.15) is 24.8 Å². The summed E-state index contributed by atoms with van der Waals surface area (Å²) >= 11 is 0. The zero-order valence-corrected chi connectivity index (χ0v) is 12.2. The van der Waals surface area contributed by atoms with Crippen molar-refractivity contribution in [3.05, 3.63) is 42.5 Å². The van der Waals surface area contributed by atoms with E-state index in [1.807, 2.05) is 0 Å². The molecule has 0 aliphatic heterocycles. The Bertz CT molecular complexity index is 699. The van der Waals surface area contributed by atoms with Gasteiger partial charge in [-0.2, -0.15) is 8.78 Å². The van der Waals surface area contributed by atoms with Crippen molar-refractivity contribution < 1.29 is 18.7 Å². The number of amides is 1. The molecule has 1 aromatic carbocycles. The van der Waals surface area contributed by atoms with Crippen LogP contribution in [0.2, 0.25) is 0 Å². The number of carbonyl (C=O) groups is 1. The van der Waals surface area contributed by atoms with E-state index in [1.165, 1.54) is 18.7 Å². The third-order valence-corrected chi connectivity index (χ3v) is 4.07. The van der Waals surface area contributed by atoms with Crippen LogP contribution in [0.3, 0.4) is 0 Å². The van der Waals surface area contributed by atoms with Gasteiger partial charge in [-0.1, -0.05) is 12.1 Å². The summed E-state index contributed by atoms with van der Waals surface area (Å²) < 4.78 is 29.8. The highest BCUT2D eigenvalue weighted by atomic mass is 19.3. The first-order chi connectivity index (χ1) is 10.9.